The molecule has 2 aromatic carbocycles. The zero-order chi connectivity index (χ0) is 15.4. The van der Waals surface area contributed by atoms with Gasteiger partial charge in [-0.25, -0.2) is 8.78 Å². The van der Waals surface area contributed by atoms with Gasteiger partial charge in [-0.1, -0.05) is 36.7 Å². The zero-order valence-corrected chi connectivity index (χ0v) is 13.8. The van der Waals surface area contributed by atoms with Crippen LogP contribution >= 0.6 is 27.5 Å². The van der Waals surface area contributed by atoms with Gasteiger partial charge >= 0.3 is 0 Å². The van der Waals surface area contributed by atoms with E-state index in [9.17, 15) is 8.78 Å². The van der Waals surface area contributed by atoms with Crippen molar-refractivity contribution >= 4 is 27.5 Å². The van der Waals surface area contributed by atoms with Gasteiger partial charge in [-0.2, -0.15) is 0 Å². The highest BCUT2D eigenvalue weighted by Gasteiger charge is 2.24. The third-order valence-corrected chi connectivity index (χ3v) is 4.14. The van der Waals surface area contributed by atoms with Gasteiger partial charge in [0.25, 0.3) is 0 Å². The average molecular weight is 375 g/mol. The molecule has 1 nitrogen and oxygen atoms in total. The minimum Gasteiger partial charge on any atom is -0.306 e. The normalized spacial score (nSPS) is 12.4. The van der Waals surface area contributed by atoms with E-state index in [1.165, 1.54) is 12.1 Å². The van der Waals surface area contributed by atoms with Gasteiger partial charge in [-0.15, -0.1) is 0 Å². The third kappa shape index (κ3) is 3.62. The standard InChI is InChI=1S/C16H15BrClF2N/c1-2-9-21-16(10-5-3-4-6-12(10)18)14-13(19)8-7-11(17)15(14)20/h3-8,16,21H,2,9H2,1H3. The Morgan fingerprint density at radius 2 is 1.90 bits per heavy atom. The van der Waals surface area contributed by atoms with Crippen molar-refractivity contribution in [3.05, 3.63) is 68.7 Å². The second kappa shape index (κ2) is 7.34. The number of benzene rings is 2. The average Bonchev–Trinajstić information content (AvgIpc) is 2.47. The maximum Gasteiger partial charge on any atom is 0.145 e. The minimum absolute atomic E-state index is 0.0223. The fourth-order valence-electron chi connectivity index (χ4n) is 2.17. The molecular formula is C16H15BrClF2N. The Kier molecular flexibility index (Phi) is 5.73. The lowest BCUT2D eigenvalue weighted by molar-refractivity contribution is 0.500. The number of rotatable bonds is 5. The molecule has 0 aliphatic rings. The van der Waals surface area contributed by atoms with Crippen molar-refractivity contribution in [3.63, 3.8) is 0 Å². The predicted octanol–water partition coefficient (Wildman–Crippen LogP) is 5.47. The van der Waals surface area contributed by atoms with Crippen molar-refractivity contribution in [2.24, 2.45) is 0 Å². The molecular weight excluding hydrogens is 360 g/mol. The van der Waals surface area contributed by atoms with Crippen molar-refractivity contribution in [1.82, 2.24) is 5.32 Å². The van der Waals surface area contributed by atoms with Crippen LogP contribution in [0.2, 0.25) is 5.02 Å². The SMILES string of the molecule is CCCNC(c1ccccc1Cl)c1c(F)ccc(Br)c1F. The van der Waals surface area contributed by atoms with Crippen molar-refractivity contribution in [2.75, 3.05) is 6.54 Å². The highest BCUT2D eigenvalue weighted by molar-refractivity contribution is 9.10. The summed E-state index contributed by atoms with van der Waals surface area (Å²) in [5.41, 5.74) is 0.634. The van der Waals surface area contributed by atoms with Crippen LogP contribution < -0.4 is 5.32 Å². The van der Waals surface area contributed by atoms with E-state index >= 15 is 0 Å². The van der Waals surface area contributed by atoms with Gasteiger partial charge in [0.1, 0.15) is 11.6 Å². The fourth-order valence-corrected chi connectivity index (χ4v) is 2.76. The summed E-state index contributed by atoms with van der Waals surface area (Å²) in [6.07, 6.45) is 0.845. The topological polar surface area (TPSA) is 12.0 Å². The van der Waals surface area contributed by atoms with E-state index < -0.39 is 17.7 Å². The summed E-state index contributed by atoms with van der Waals surface area (Å²) < 4.78 is 28.8. The van der Waals surface area contributed by atoms with Crippen LogP contribution in [0.3, 0.4) is 0 Å². The quantitative estimate of drug-likeness (QED) is 0.684. The molecule has 1 N–H and O–H groups in total. The largest absolute Gasteiger partial charge is 0.306 e. The summed E-state index contributed by atoms with van der Waals surface area (Å²) in [6, 6.07) is 9.06. The Morgan fingerprint density at radius 3 is 2.57 bits per heavy atom. The summed E-state index contributed by atoms with van der Waals surface area (Å²) in [5, 5.41) is 3.64. The van der Waals surface area contributed by atoms with Gasteiger partial charge in [0.15, 0.2) is 0 Å². The van der Waals surface area contributed by atoms with Crippen LogP contribution in [0, 0.1) is 11.6 Å². The van der Waals surface area contributed by atoms with Gasteiger partial charge in [0.2, 0.25) is 0 Å². The molecule has 0 saturated heterocycles. The van der Waals surface area contributed by atoms with Crippen molar-refractivity contribution < 1.29 is 8.78 Å². The van der Waals surface area contributed by atoms with Gasteiger partial charge in [-0.3, -0.25) is 0 Å². The van der Waals surface area contributed by atoms with E-state index in [0.717, 1.165) is 6.42 Å². The lowest BCUT2D eigenvalue weighted by Crippen LogP contribution is -2.25. The molecule has 1 atom stereocenters. The first-order chi connectivity index (χ1) is 10.1. The molecule has 0 saturated carbocycles. The second-order valence-electron chi connectivity index (χ2n) is 4.67. The molecule has 0 aliphatic heterocycles. The highest BCUT2D eigenvalue weighted by Crippen LogP contribution is 2.33. The second-order valence-corrected chi connectivity index (χ2v) is 5.93. The molecule has 0 aromatic heterocycles. The van der Waals surface area contributed by atoms with Gasteiger partial charge < -0.3 is 5.32 Å². The van der Waals surface area contributed by atoms with Crippen LogP contribution in [0.15, 0.2) is 40.9 Å². The number of halogens is 4. The molecule has 0 fully saturated rings. The number of hydrogen-bond donors (Lipinski definition) is 1. The van der Waals surface area contributed by atoms with E-state index in [0.29, 0.717) is 17.1 Å². The maximum atomic E-state index is 14.4. The zero-order valence-electron chi connectivity index (χ0n) is 11.5. The van der Waals surface area contributed by atoms with Crippen LogP contribution in [-0.4, -0.2) is 6.54 Å². The fraction of sp³-hybridized carbons (Fsp3) is 0.250. The lowest BCUT2D eigenvalue weighted by atomic mass is 9.97. The van der Waals surface area contributed by atoms with Crippen LogP contribution in [0.5, 0.6) is 0 Å². The molecule has 1 unspecified atom stereocenters. The summed E-state index contributed by atoms with van der Waals surface area (Å²) in [4.78, 5) is 0. The molecule has 0 radical (unpaired) electrons. The predicted molar refractivity (Wildman–Crippen MR) is 85.6 cm³/mol. The Hall–Kier alpha value is -0.970. The summed E-state index contributed by atoms with van der Waals surface area (Å²) in [5.74, 6) is -1.20. The number of nitrogens with one attached hydrogen (secondary N) is 1. The third-order valence-electron chi connectivity index (χ3n) is 3.18. The van der Waals surface area contributed by atoms with E-state index in [1.807, 2.05) is 6.92 Å². The molecule has 112 valence electrons. The van der Waals surface area contributed by atoms with Gasteiger partial charge in [0.05, 0.1) is 10.5 Å². The summed E-state index contributed by atoms with van der Waals surface area (Å²) in [7, 11) is 0. The highest BCUT2D eigenvalue weighted by atomic mass is 79.9. The number of hydrogen-bond acceptors (Lipinski definition) is 1. The van der Waals surface area contributed by atoms with Crippen molar-refractivity contribution in [3.8, 4) is 0 Å². The molecule has 0 aliphatic carbocycles. The molecule has 2 aromatic rings. The first kappa shape index (κ1) is 16.4. The Morgan fingerprint density at radius 1 is 1.19 bits per heavy atom. The van der Waals surface area contributed by atoms with Gasteiger partial charge in [-0.05, 0) is 52.7 Å². The molecule has 0 bridgehead atoms. The molecule has 0 heterocycles. The first-order valence-corrected chi connectivity index (χ1v) is 7.84. The van der Waals surface area contributed by atoms with Crippen LogP contribution in [0.25, 0.3) is 0 Å². The van der Waals surface area contributed by atoms with E-state index in [2.05, 4.69) is 21.2 Å². The van der Waals surface area contributed by atoms with Crippen LogP contribution in [0.1, 0.15) is 30.5 Å². The Bertz CT molecular complexity index is 634. The van der Waals surface area contributed by atoms with Gasteiger partial charge in [0, 0.05) is 10.6 Å². The Balaban J connectivity index is 2.56. The van der Waals surface area contributed by atoms with E-state index in [-0.39, 0.29) is 10.0 Å². The smallest absolute Gasteiger partial charge is 0.145 e. The molecule has 5 heteroatoms. The minimum atomic E-state index is -0.629. The Labute approximate surface area is 136 Å². The maximum absolute atomic E-state index is 14.4. The molecule has 21 heavy (non-hydrogen) atoms. The molecule has 0 spiro atoms. The summed E-state index contributed by atoms with van der Waals surface area (Å²) in [6.45, 7) is 2.62. The molecule has 2 rings (SSSR count). The van der Waals surface area contributed by atoms with E-state index in [4.69, 9.17) is 11.6 Å². The van der Waals surface area contributed by atoms with Crippen molar-refractivity contribution in [2.45, 2.75) is 19.4 Å². The van der Waals surface area contributed by atoms with Crippen LogP contribution in [0.4, 0.5) is 8.78 Å². The first-order valence-electron chi connectivity index (χ1n) is 6.67. The monoisotopic (exact) mass is 373 g/mol. The lowest BCUT2D eigenvalue weighted by Gasteiger charge is -2.22. The van der Waals surface area contributed by atoms with Crippen molar-refractivity contribution in [1.29, 1.82) is 0 Å². The van der Waals surface area contributed by atoms with E-state index in [1.54, 1.807) is 24.3 Å². The summed E-state index contributed by atoms with van der Waals surface area (Å²) >= 11 is 9.30. The van der Waals surface area contributed by atoms with Crippen LogP contribution in [-0.2, 0) is 0 Å². The molecule has 0 amide bonds.